The number of hydroxylamine groups is 2. The molecule has 150 valence electrons. The van der Waals surface area contributed by atoms with Gasteiger partial charge < -0.3 is 9.47 Å². The first kappa shape index (κ1) is 21.4. The molecule has 0 fully saturated rings. The Kier molecular flexibility index (Phi) is 8.02. The Morgan fingerprint density at radius 2 is 1.50 bits per heavy atom. The van der Waals surface area contributed by atoms with Crippen LogP contribution in [0.4, 0.5) is 0 Å². The maximum absolute atomic E-state index is 13.1. The van der Waals surface area contributed by atoms with E-state index in [4.69, 9.17) is 14.3 Å². The maximum atomic E-state index is 13.1. The van der Waals surface area contributed by atoms with E-state index in [1.807, 2.05) is 13.8 Å². The number of hydrogen-bond acceptors (Lipinski definition) is 5. The van der Waals surface area contributed by atoms with Crippen LogP contribution in [0.15, 0.2) is 42.5 Å². The molecule has 0 aliphatic carbocycles. The normalized spacial score (nSPS) is 10.4. The number of nitrogens with zero attached hydrogens (tertiary/aromatic N) is 1. The van der Waals surface area contributed by atoms with Crippen molar-refractivity contribution in [1.29, 1.82) is 0 Å². The molecule has 0 aromatic heterocycles. The van der Waals surface area contributed by atoms with Crippen LogP contribution >= 0.6 is 0 Å². The van der Waals surface area contributed by atoms with Crippen molar-refractivity contribution in [2.24, 2.45) is 0 Å². The van der Waals surface area contributed by atoms with Gasteiger partial charge in [-0.15, -0.1) is 0 Å². The number of carbonyl (C=O) groups excluding carboxylic acids is 2. The third-order valence-corrected chi connectivity index (χ3v) is 4.09. The zero-order valence-corrected chi connectivity index (χ0v) is 16.9. The number of ketones is 1. The highest BCUT2D eigenvalue weighted by atomic mass is 16.7. The van der Waals surface area contributed by atoms with Crippen molar-refractivity contribution in [3.8, 4) is 11.5 Å². The molecule has 6 heteroatoms. The monoisotopic (exact) mass is 385 g/mol. The molecule has 0 radical (unpaired) electrons. The summed E-state index contributed by atoms with van der Waals surface area (Å²) in [5.74, 6) is 0.475. The number of rotatable bonds is 10. The minimum Gasteiger partial charge on any atom is -0.490 e. The predicted molar refractivity (Wildman–Crippen MR) is 107 cm³/mol. The van der Waals surface area contributed by atoms with E-state index >= 15 is 0 Å². The van der Waals surface area contributed by atoms with E-state index in [0.29, 0.717) is 35.8 Å². The topological polar surface area (TPSA) is 65.1 Å². The maximum Gasteiger partial charge on any atom is 0.277 e. The van der Waals surface area contributed by atoms with Crippen LogP contribution < -0.4 is 9.47 Å². The Hall–Kier alpha value is -2.86. The lowest BCUT2D eigenvalue weighted by Gasteiger charge is -2.16. The lowest BCUT2D eigenvalue weighted by Crippen LogP contribution is -2.27. The highest BCUT2D eigenvalue weighted by molar-refractivity contribution is 6.15. The van der Waals surface area contributed by atoms with E-state index in [1.54, 1.807) is 42.5 Å². The van der Waals surface area contributed by atoms with Gasteiger partial charge >= 0.3 is 0 Å². The molecule has 0 saturated heterocycles. The van der Waals surface area contributed by atoms with E-state index in [1.165, 1.54) is 14.2 Å². The smallest absolute Gasteiger partial charge is 0.277 e. The van der Waals surface area contributed by atoms with Crippen molar-refractivity contribution in [1.82, 2.24) is 5.06 Å². The zero-order chi connectivity index (χ0) is 20.5. The zero-order valence-electron chi connectivity index (χ0n) is 16.9. The Morgan fingerprint density at radius 1 is 0.893 bits per heavy atom. The van der Waals surface area contributed by atoms with Crippen LogP contribution in [0.2, 0.25) is 0 Å². The second-order valence-electron chi connectivity index (χ2n) is 6.22. The van der Waals surface area contributed by atoms with Crippen LogP contribution in [0.3, 0.4) is 0 Å². The molecule has 2 rings (SSSR count). The van der Waals surface area contributed by atoms with Gasteiger partial charge in [0.15, 0.2) is 17.3 Å². The summed E-state index contributed by atoms with van der Waals surface area (Å²) in [7, 11) is 2.90. The Labute approximate surface area is 166 Å². The van der Waals surface area contributed by atoms with Crippen molar-refractivity contribution in [2.45, 2.75) is 26.7 Å². The van der Waals surface area contributed by atoms with Crippen LogP contribution in [0.1, 0.15) is 53.0 Å². The van der Waals surface area contributed by atoms with Crippen LogP contribution in [0.5, 0.6) is 11.5 Å². The summed E-state index contributed by atoms with van der Waals surface area (Å²) in [6.07, 6.45) is 1.71. The molecular weight excluding hydrogens is 358 g/mol. The Morgan fingerprint density at radius 3 is 2.11 bits per heavy atom. The standard InChI is InChI=1S/C22H27NO5/c1-5-13-27-19-12-11-16(15-20(19)28-14-6-2)21(24)17-9-7-8-10-18(17)22(25)23(3)26-4/h7-12,15H,5-6,13-14H2,1-4H3. The third kappa shape index (κ3) is 5.10. The van der Waals surface area contributed by atoms with E-state index in [-0.39, 0.29) is 11.3 Å². The SMILES string of the molecule is CCCOc1ccc(C(=O)c2ccccc2C(=O)N(C)OC)cc1OCCC. The lowest BCUT2D eigenvalue weighted by atomic mass is 9.97. The number of amides is 1. The summed E-state index contributed by atoms with van der Waals surface area (Å²) >= 11 is 0. The summed E-state index contributed by atoms with van der Waals surface area (Å²) in [6.45, 7) is 5.12. The summed E-state index contributed by atoms with van der Waals surface area (Å²) < 4.78 is 11.5. The molecule has 0 unspecified atom stereocenters. The van der Waals surface area contributed by atoms with Crippen molar-refractivity contribution in [3.63, 3.8) is 0 Å². The minimum atomic E-state index is -0.392. The van der Waals surface area contributed by atoms with Crippen molar-refractivity contribution >= 4 is 11.7 Å². The molecule has 2 aromatic rings. The summed E-state index contributed by atoms with van der Waals surface area (Å²) in [4.78, 5) is 30.6. The fourth-order valence-corrected chi connectivity index (χ4v) is 2.58. The van der Waals surface area contributed by atoms with Gasteiger partial charge in [0.05, 0.1) is 25.9 Å². The molecule has 1 amide bonds. The molecule has 0 aliphatic heterocycles. The van der Waals surface area contributed by atoms with Crippen LogP contribution in [-0.2, 0) is 4.84 Å². The highest BCUT2D eigenvalue weighted by Crippen LogP contribution is 2.30. The molecule has 0 bridgehead atoms. The molecule has 28 heavy (non-hydrogen) atoms. The number of benzene rings is 2. The fraction of sp³-hybridized carbons (Fsp3) is 0.364. The van der Waals surface area contributed by atoms with Gasteiger partial charge in [-0.25, -0.2) is 5.06 Å². The van der Waals surface area contributed by atoms with Gasteiger partial charge in [-0.05, 0) is 37.1 Å². The predicted octanol–water partition coefficient (Wildman–Crippen LogP) is 4.13. The second-order valence-corrected chi connectivity index (χ2v) is 6.22. The van der Waals surface area contributed by atoms with Gasteiger partial charge in [-0.2, -0.15) is 0 Å². The molecule has 0 heterocycles. The molecule has 6 nitrogen and oxygen atoms in total. The van der Waals surface area contributed by atoms with Gasteiger partial charge in [-0.3, -0.25) is 14.4 Å². The van der Waals surface area contributed by atoms with E-state index < -0.39 is 5.91 Å². The van der Waals surface area contributed by atoms with E-state index in [2.05, 4.69) is 0 Å². The first-order valence-corrected chi connectivity index (χ1v) is 9.39. The highest BCUT2D eigenvalue weighted by Gasteiger charge is 2.21. The van der Waals surface area contributed by atoms with Gasteiger partial charge in [0.1, 0.15) is 0 Å². The van der Waals surface area contributed by atoms with E-state index in [0.717, 1.165) is 17.9 Å². The fourth-order valence-electron chi connectivity index (χ4n) is 2.58. The Balaban J connectivity index is 2.40. The second kappa shape index (κ2) is 10.5. The minimum absolute atomic E-state index is 0.267. The van der Waals surface area contributed by atoms with Crippen molar-refractivity contribution in [2.75, 3.05) is 27.4 Å². The molecular formula is C22H27NO5. The van der Waals surface area contributed by atoms with Gasteiger partial charge in [0.25, 0.3) is 5.91 Å². The van der Waals surface area contributed by atoms with Crippen LogP contribution in [0, 0.1) is 0 Å². The molecule has 2 aromatic carbocycles. The number of carbonyl (C=O) groups is 2. The first-order chi connectivity index (χ1) is 13.5. The van der Waals surface area contributed by atoms with Gasteiger partial charge in [-0.1, -0.05) is 32.0 Å². The number of hydrogen-bond donors (Lipinski definition) is 0. The lowest BCUT2D eigenvalue weighted by molar-refractivity contribution is -0.0757. The van der Waals surface area contributed by atoms with E-state index in [9.17, 15) is 9.59 Å². The van der Waals surface area contributed by atoms with Crippen molar-refractivity contribution in [3.05, 3.63) is 59.2 Å². The quantitative estimate of drug-likeness (QED) is 0.454. The molecule has 0 spiro atoms. The van der Waals surface area contributed by atoms with Crippen LogP contribution in [0.25, 0.3) is 0 Å². The van der Waals surface area contributed by atoms with Gasteiger partial charge in [0, 0.05) is 18.2 Å². The average Bonchev–Trinajstić information content (AvgIpc) is 2.74. The largest absolute Gasteiger partial charge is 0.490 e. The molecule has 0 atom stereocenters. The van der Waals surface area contributed by atoms with Crippen molar-refractivity contribution < 1.29 is 23.9 Å². The summed E-state index contributed by atoms with van der Waals surface area (Å²) in [5, 5.41) is 1.09. The van der Waals surface area contributed by atoms with Gasteiger partial charge in [0.2, 0.25) is 0 Å². The summed E-state index contributed by atoms with van der Waals surface area (Å²) in [6, 6.07) is 11.8. The Bertz CT molecular complexity index is 818. The molecule has 0 saturated carbocycles. The van der Waals surface area contributed by atoms with Crippen LogP contribution in [-0.4, -0.2) is 44.1 Å². The summed E-state index contributed by atoms with van der Waals surface area (Å²) in [5.41, 5.74) is 1.01. The first-order valence-electron chi connectivity index (χ1n) is 9.39. The molecule has 0 N–H and O–H groups in total. The average molecular weight is 385 g/mol. The number of ether oxygens (including phenoxy) is 2. The third-order valence-electron chi connectivity index (χ3n) is 4.09. The molecule has 0 aliphatic rings.